The molecule has 1 spiro atoms. The quantitative estimate of drug-likeness (QED) is 0.0649. The maximum absolute atomic E-state index is 12.3. The van der Waals surface area contributed by atoms with Gasteiger partial charge in [0.05, 0.1) is 69.6 Å². The third-order valence-electron chi connectivity index (χ3n) is 32.3. The zero-order valence-corrected chi connectivity index (χ0v) is 87.3. The fourth-order valence-corrected chi connectivity index (χ4v) is 20.1. The normalized spacial score (nSPS) is 34.8. The molecule has 0 aromatic heterocycles. The van der Waals surface area contributed by atoms with Crippen LogP contribution in [-0.4, -0.2) is 266 Å². The van der Waals surface area contributed by atoms with Crippen molar-refractivity contribution in [3.8, 4) is 0 Å². The van der Waals surface area contributed by atoms with Gasteiger partial charge in [-0.2, -0.15) is 0 Å². The summed E-state index contributed by atoms with van der Waals surface area (Å²) in [7, 11) is 1.42. The molecule has 30 unspecified atom stereocenters. The molecule has 18 fully saturated rings. The Labute approximate surface area is 882 Å². The summed E-state index contributed by atoms with van der Waals surface area (Å²) in [6.45, 7) is 46.5. The van der Waals surface area contributed by atoms with Crippen LogP contribution in [-0.2, 0) is 176 Å². The first-order chi connectivity index (χ1) is 66.2. The monoisotopic (exact) mass is 2130 g/mol. The molecular weight excluding hydrogens is 1950 g/mol. The van der Waals surface area contributed by atoms with Gasteiger partial charge in [0.1, 0.15) is 48.8 Å². The summed E-state index contributed by atoms with van der Waals surface area (Å²) in [5, 5.41) is 18.9. The van der Waals surface area contributed by atoms with Gasteiger partial charge < -0.3 is 119 Å². The Hall–Kier alpha value is -8.12. The van der Waals surface area contributed by atoms with Crippen molar-refractivity contribution >= 4 is 83.6 Å². The average molecular weight is 2130 g/mol. The number of carbonyl (C=O) groups excluding carboxylic acids is 14. The van der Waals surface area contributed by atoms with Crippen LogP contribution < -0.4 is 0 Å². The summed E-state index contributed by atoms with van der Waals surface area (Å²) in [6, 6.07) is 0. The van der Waals surface area contributed by atoms with Crippen molar-refractivity contribution in [1.82, 2.24) is 0 Å². The number of aliphatic hydroxyl groups excluding tert-OH is 2. The lowest BCUT2D eigenvalue weighted by Gasteiger charge is -2.33. The number of rotatable bonds is 20. The van der Waals surface area contributed by atoms with Crippen LogP contribution in [0.4, 0.5) is 0 Å². The van der Waals surface area contributed by atoms with Gasteiger partial charge in [-0.15, -0.1) is 0 Å². The van der Waals surface area contributed by atoms with Crippen LogP contribution in [0, 0.1) is 79.3 Å². The molecule has 0 aromatic rings. The molecule has 13 saturated heterocycles. The van der Waals surface area contributed by atoms with E-state index in [1.165, 1.54) is 32.8 Å². The van der Waals surface area contributed by atoms with E-state index in [0.717, 1.165) is 70.3 Å². The van der Waals surface area contributed by atoms with Crippen LogP contribution in [0.1, 0.15) is 353 Å². The second kappa shape index (κ2) is 51.1. The number of hydrogen-bond donors (Lipinski definition) is 2. The van der Waals surface area contributed by atoms with Crippen molar-refractivity contribution in [2.24, 2.45) is 79.3 Å². The van der Waals surface area contributed by atoms with E-state index in [0.29, 0.717) is 62.7 Å². The number of cyclic esters (lactones) is 1. The number of fused-ring (bicyclic) bond motifs is 17. The number of esters is 14. The molecule has 2 bridgehead atoms. The first-order valence-electron chi connectivity index (χ1n) is 51.0. The van der Waals surface area contributed by atoms with E-state index in [-0.39, 0.29) is 141 Å². The fraction of sp³-hybridized carbons (Fsp3) is 0.855. The molecule has 856 valence electrons. The number of allylic oxidation sites excluding steroid dienone is 1. The van der Waals surface area contributed by atoms with Gasteiger partial charge in [0.15, 0.2) is 66.8 Å². The first kappa shape index (κ1) is 131. The van der Waals surface area contributed by atoms with Crippen molar-refractivity contribution in [2.75, 3.05) is 13.7 Å². The summed E-state index contributed by atoms with van der Waals surface area (Å²) in [5.74, 6) is -5.34. The molecule has 5 saturated carbocycles. The zero-order valence-electron chi connectivity index (χ0n) is 87.3. The van der Waals surface area contributed by atoms with Gasteiger partial charge in [-0.25, -0.2) is 28.8 Å². The van der Waals surface area contributed by atoms with Gasteiger partial charge in [-0.3, -0.25) is 38.4 Å². The van der Waals surface area contributed by atoms with E-state index in [1.807, 2.05) is 130 Å². The molecule has 13 heterocycles. The predicted molar refractivity (Wildman–Crippen MR) is 538 cm³/mol. The Kier molecular flexibility index (Phi) is 45.0. The van der Waals surface area contributed by atoms with Gasteiger partial charge in [0.25, 0.3) is 0 Å². The topological polar surface area (TPSA) is 492 Å². The molecule has 30 atom stereocenters. The lowest BCUT2D eigenvalue weighted by atomic mass is 9.81. The fourth-order valence-electron chi connectivity index (χ4n) is 20.1. The number of ether oxygens (including phenoxy) is 23. The number of methoxy groups -OCH3 is 1. The number of carbonyl (C=O) groups is 14. The standard InChI is InChI=1S/C18H26O7.C16H24O6.C15H22O7.C13H20O4.C13H18O4.C12H18O7.C9H12O2.C7H14O2.7CH4/c1-4-17(2,3)16(20)23-12-10-11(21-14(12)19)13-15(22-10)25-18(24-13)8-6-5-7-9-18;1-6-15(2,3)14(18)20-11-8-7-9-12(10(8)19-13(11)17)22-16(4,5)21-9;1-6-14(2,3)13(17)20-9-7-8(18-11(9)16)10-12(19-7)22-15(4,5)21-10;2*1-4-13(2,3)12(15)17-10-8-6-5-7-9(8)16-11(10)14;1-4-12(2,3)11(16)19-8-7-6(17-10(8)15)5(13)9(14)18-7;10-9-8-6-2-1-5(3-6)7(8)4-11-9;1-5-7(2,3)6(8)9-4;;;;;;;/h10-13,15H,4-9H2,1-3H3;8-12H,6-7H2,1-5H3;7-10,12H,6H2,1-5H3;8-10H,4-7H2,1-3H3;5,7-10H,4,6H2,1-3H3;5-9,13-14H,4H2,1-3H3;5-8H,1-4H2;5H2,1-4H3;7*1H4. The molecule has 0 radical (unpaired) electrons. The van der Waals surface area contributed by atoms with Gasteiger partial charge in [0.2, 0.25) is 36.6 Å². The van der Waals surface area contributed by atoms with Crippen molar-refractivity contribution in [1.29, 1.82) is 0 Å². The molecule has 149 heavy (non-hydrogen) atoms. The maximum Gasteiger partial charge on any atom is 0.350 e. The molecule has 39 nitrogen and oxygen atoms in total. The summed E-state index contributed by atoms with van der Waals surface area (Å²) < 4.78 is 125. The Bertz CT molecular complexity index is 4510. The van der Waals surface area contributed by atoms with Crippen molar-refractivity contribution in [3.63, 3.8) is 0 Å². The minimum Gasteiger partial charge on any atom is -0.469 e. The minimum absolute atomic E-state index is 0. The molecule has 13 aliphatic heterocycles. The van der Waals surface area contributed by atoms with E-state index in [4.69, 9.17) is 104 Å². The molecule has 0 amide bonds. The molecule has 19 aliphatic rings. The van der Waals surface area contributed by atoms with Crippen molar-refractivity contribution in [2.45, 2.75) is 512 Å². The second-order valence-corrected chi connectivity index (χ2v) is 45.9. The molecular formula is C110H182O39. The molecule has 19 rings (SSSR count). The average Bonchev–Trinajstić information content (AvgIpc) is 1.57. The largest absolute Gasteiger partial charge is 0.469 e. The first-order valence-corrected chi connectivity index (χ1v) is 51.0. The lowest BCUT2D eigenvalue weighted by Crippen LogP contribution is -2.41. The van der Waals surface area contributed by atoms with Crippen molar-refractivity contribution in [3.05, 3.63) is 12.2 Å². The van der Waals surface area contributed by atoms with Gasteiger partial charge >= 0.3 is 83.6 Å². The number of aliphatic hydroxyl groups is 2. The third-order valence-corrected chi connectivity index (χ3v) is 32.3. The van der Waals surface area contributed by atoms with Gasteiger partial charge in [-0.1, -0.05) is 113 Å². The highest BCUT2D eigenvalue weighted by Crippen LogP contribution is 2.56. The highest BCUT2D eigenvalue weighted by atomic mass is 16.9. The van der Waals surface area contributed by atoms with Crippen LogP contribution in [0.2, 0.25) is 0 Å². The number of hydrogen-bond acceptors (Lipinski definition) is 39. The van der Waals surface area contributed by atoms with Crippen LogP contribution in [0.5, 0.6) is 0 Å². The van der Waals surface area contributed by atoms with Gasteiger partial charge in [-0.05, 0) is 252 Å². The van der Waals surface area contributed by atoms with Crippen LogP contribution >= 0.6 is 0 Å². The Balaban J connectivity index is 0.000000301. The predicted octanol–water partition coefficient (Wildman–Crippen LogP) is 15.5. The molecule has 6 aliphatic carbocycles. The molecule has 2 N–H and O–H groups in total. The van der Waals surface area contributed by atoms with Crippen LogP contribution in [0.15, 0.2) is 12.2 Å². The van der Waals surface area contributed by atoms with E-state index in [2.05, 4.69) is 4.74 Å². The van der Waals surface area contributed by atoms with Crippen molar-refractivity contribution < 1.29 is 186 Å². The second-order valence-electron chi connectivity index (χ2n) is 45.9. The van der Waals surface area contributed by atoms with E-state index in [9.17, 15) is 77.3 Å². The highest BCUT2D eigenvalue weighted by Gasteiger charge is 2.69. The highest BCUT2D eigenvalue weighted by molar-refractivity contribution is 5.88. The van der Waals surface area contributed by atoms with Crippen LogP contribution in [0.3, 0.4) is 0 Å². The van der Waals surface area contributed by atoms with Crippen LogP contribution in [0.25, 0.3) is 0 Å². The summed E-state index contributed by atoms with van der Waals surface area (Å²) in [6.07, 6.45) is 5.56. The SMILES string of the molecule is C.C.C.C.C.C.C.CCC(C)(C)C(=O)OC.CCC(C)(C)C(=O)OC1C(=O)OC2C(O)C(O)OC12.CCC(C)(C)C(=O)OC1C(=O)OC2C1CC1OC(C)(C)OC12.CCC(C)(C)C(=O)OC1C(=O)OC2C3OC(C)(C)OC3OC12.CCC(C)(C)C(=O)OC1C(=O)OC2C3OC4(CCCCC4)OC3OC12.CCC(C)(C)C(=O)OC1C(=O)OC2C=CCC21.CCC(C)(C)C(=O)OC1C(=O)OC2CCCC21.O=C1OCC2C3CCC(C3)C12. The van der Waals surface area contributed by atoms with Gasteiger partial charge in [0, 0.05) is 30.6 Å². The Morgan fingerprint density at radius 2 is 0.711 bits per heavy atom. The molecule has 39 heteroatoms. The minimum atomic E-state index is -1.44. The lowest BCUT2D eigenvalue weighted by molar-refractivity contribution is -0.246. The molecule has 0 aromatic carbocycles. The maximum atomic E-state index is 12.3. The summed E-state index contributed by atoms with van der Waals surface area (Å²) >= 11 is 0. The third kappa shape index (κ3) is 28.2. The zero-order chi connectivity index (χ0) is 105. The van der Waals surface area contributed by atoms with E-state index in [1.54, 1.807) is 55.4 Å². The summed E-state index contributed by atoms with van der Waals surface area (Å²) in [4.78, 5) is 166. The smallest absolute Gasteiger partial charge is 0.350 e. The Morgan fingerprint density at radius 3 is 1.15 bits per heavy atom. The van der Waals surface area contributed by atoms with E-state index < -0.39 is 208 Å². The Morgan fingerprint density at radius 1 is 0.342 bits per heavy atom. The van der Waals surface area contributed by atoms with E-state index >= 15 is 0 Å². The summed E-state index contributed by atoms with van der Waals surface area (Å²) in [5.41, 5.74) is -4.06.